The van der Waals surface area contributed by atoms with E-state index in [1.54, 1.807) is 0 Å². The largest absolute Gasteiger partial charge is 0.481 e. The number of carbonyl (C=O) groups excluding carboxylic acids is 5. The van der Waals surface area contributed by atoms with E-state index in [1.807, 2.05) is 0 Å². The van der Waals surface area contributed by atoms with E-state index in [1.165, 1.54) is 0 Å². The minimum Gasteiger partial charge on any atom is -0.481 e. The zero-order chi connectivity index (χ0) is 24.8. The highest BCUT2D eigenvalue weighted by molar-refractivity contribution is 5.94. The summed E-state index contributed by atoms with van der Waals surface area (Å²) < 4.78 is 0. The number of aliphatic hydroxyl groups excluding tert-OH is 1. The molecule has 0 aromatic heterocycles. The van der Waals surface area contributed by atoms with Gasteiger partial charge >= 0.3 is 11.9 Å². The van der Waals surface area contributed by atoms with Crippen LogP contribution in [0, 0.1) is 5.92 Å². The summed E-state index contributed by atoms with van der Waals surface area (Å²) in [5, 5.41) is 33.5. The molecule has 4 unspecified atom stereocenters. The second-order valence-corrected chi connectivity index (χ2v) is 6.96. The number of nitrogens with one attached hydrogen (secondary N) is 3. The van der Waals surface area contributed by atoms with Crippen LogP contribution in [-0.2, 0) is 33.6 Å². The van der Waals surface area contributed by atoms with Crippen molar-refractivity contribution >= 4 is 41.9 Å². The standard InChI is InChI=1S/C18H28N4O10/c1-9(25)20-13(6-10(7-23)8-24)18(32)22-12(3-5-15(28)29)17(31)21-11(16(19)30)2-4-14(26)27/h7,10-13,24H,2-6,8H2,1H3,(H2,19,30)(H,20,25)(H,21,31)(H,22,32)(H,26,27)(H,28,29). The number of carboxylic acid groups (broad SMARTS) is 2. The van der Waals surface area contributed by atoms with Crippen molar-refractivity contribution in [3.8, 4) is 0 Å². The van der Waals surface area contributed by atoms with Crippen LogP contribution < -0.4 is 21.7 Å². The van der Waals surface area contributed by atoms with E-state index >= 15 is 0 Å². The lowest BCUT2D eigenvalue weighted by atomic mass is 10.0. The Morgan fingerprint density at radius 2 is 1.31 bits per heavy atom. The summed E-state index contributed by atoms with van der Waals surface area (Å²) in [7, 11) is 0. The lowest BCUT2D eigenvalue weighted by Gasteiger charge is -2.25. The van der Waals surface area contributed by atoms with Crippen LogP contribution in [0.25, 0.3) is 0 Å². The van der Waals surface area contributed by atoms with E-state index in [0.717, 1.165) is 6.92 Å². The van der Waals surface area contributed by atoms with Crippen molar-refractivity contribution in [2.45, 2.75) is 57.2 Å². The summed E-state index contributed by atoms with van der Waals surface area (Å²) in [6.07, 6.45) is -1.67. The van der Waals surface area contributed by atoms with Crippen LogP contribution in [0.2, 0.25) is 0 Å². The number of hydrogen-bond acceptors (Lipinski definition) is 8. The number of aliphatic carboxylic acids is 2. The predicted octanol–water partition coefficient (Wildman–Crippen LogP) is -3.13. The van der Waals surface area contributed by atoms with Gasteiger partial charge in [0.05, 0.1) is 6.61 Å². The number of carboxylic acids is 2. The Balaban J connectivity index is 5.52. The van der Waals surface area contributed by atoms with Gasteiger partial charge in [-0.3, -0.25) is 28.8 Å². The maximum atomic E-state index is 12.6. The molecule has 14 nitrogen and oxygen atoms in total. The smallest absolute Gasteiger partial charge is 0.303 e. The number of rotatable bonds is 16. The average Bonchev–Trinajstić information content (AvgIpc) is 2.69. The molecule has 180 valence electrons. The number of primary amides is 1. The fraction of sp³-hybridized carbons (Fsp3) is 0.611. The topological polar surface area (TPSA) is 242 Å². The fourth-order valence-electron chi connectivity index (χ4n) is 2.59. The van der Waals surface area contributed by atoms with Crippen molar-refractivity contribution in [1.82, 2.24) is 16.0 Å². The zero-order valence-electron chi connectivity index (χ0n) is 17.4. The second kappa shape index (κ2) is 14.5. The Morgan fingerprint density at radius 3 is 1.72 bits per heavy atom. The van der Waals surface area contributed by atoms with Crippen molar-refractivity contribution in [1.29, 1.82) is 0 Å². The third-order valence-corrected chi connectivity index (χ3v) is 4.25. The van der Waals surface area contributed by atoms with Gasteiger partial charge in [-0.1, -0.05) is 0 Å². The van der Waals surface area contributed by atoms with Gasteiger partial charge in [0.25, 0.3) is 0 Å². The van der Waals surface area contributed by atoms with E-state index in [9.17, 15) is 33.6 Å². The molecule has 0 rings (SSSR count). The minimum absolute atomic E-state index is 0.290. The molecule has 0 radical (unpaired) electrons. The summed E-state index contributed by atoms with van der Waals surface area (Å²) in [4.78, 5) is 80.7. The molecule has 0 saturated heterocycles. The highest BCUT2D eigenvalue weighted by Gasteiger charge is 2.30. The molecule has 0 aromatic carbocycles. The normalized spacial score (nSPS) is 14.2. The van der Waals surface area contributed by atoms with Gasteiger partial charge in [-0.05, 0) is 19.3 Å². The van der Waals surface area contributed by atoms with Crippen LogP contribution in [0.15, 0.2) is 0 Å². The number of hydrogen-bond donors (Lipinski definition) is 7. The first kappa shape index (κ1) is 28.5. The van der Waals surface area contributed by atoms with Gasteiger partial charge in [0.15, 0.2) is 0 Å². The van der Waals surface area contributed by atoms with Gasteiger partial charge in [0, 0.05) is 25.7 Å². The summed E-state index contributed by atoms with van der Waals surface area (Å²) in [6.45, 7) is 0.503. The highest BCUT2D eigenvalue weighted by atomic mass is 16.4. The number of amides is 4. The van der Waals surface area contributed by atoms with E-state index in [-0.39, 0.29) is 12.8 Å². The van der Waals surface area contributed by atoms with Crippen molar-refractivity contribution in [3.05, 3.63) is 0 Å². The van der Waals surface area contributed by atoms with Crippen molar-refractivity contribution in [3.63, 3.8) is 0 Å². The van der Waals surface area contributed by atoms with Crippen molar-refractivity contribution in [2.75, 3.05) is 6.61 Å². The number of aliphatic hydroxyl groups is 1. The Labute approximate surface area is 182 Å². The molecular weight excluding hydrogens is 432 g/mol. The maximum Gasteiger partial charge on any atom is 0.303 e. The number of carbonyl (C=O) groups is 7. The molecule has 0 heterocycles. The minimum atomic E-state index is -1.48. The first-order valence-electron chi connectivity index (χ1n) is 9.58. The summed E-state index contributed by atoms with van der Waals surface area (Å²) in [5.74, 6) is -7.12. The molecule has 0 aromatic rings. The van der Waals surface area contributed by atoms with Crippen LogP contribution in [0.3, 0.4) is 0 Å². The van der Waals surface area contributed by atoms with Gasteiger partial charge in [-0.15, -0.1) is 0 Å². The molecule has 32 heavy (non-hydrogen) atoms. The average molecular weight is 460 g/mol. The zero-order valence-corrected chi connectivity index (χ0v) is 17.4. The van der Waals surface area contributed by atoms with E-state index in [0.29, 0.717) is 6.29 Å². The van der Waals surface area contributed by atoms with E-state index in [2.05, 4.69) is 16.0 Å². The first-order chi connectivity index (χ1) is 14.9. The molecule has 0 spiro atoms. The Morgan fingerprint density at radius 1 is 0.844 bits per heavy atom. The second-order valence-electron chi connectivity index (χ2n) is 6.96. The van der Waals surface area contributed by atoms with Crippen LogP contribution in [-0.4, -0.2) is 81.9 Å². The van der Waals surface area contributed by atoms with E-state index < -0.39 is 85.5 Å². The van der Waals surface area contributed by atoms with Gasteiger partial charge in [0.1, 0.15) is 24.4 Å². The molecule has 0 bridgehead atoms. The SMILES string of the molecule is CC(=O)NC(CC(C=O)CO)C(=O)NC(CCC(=O)O)C(=O)NC(CCC(=O)O)C(N)=O. The Bertz CT molecular complexity index is 727. The molecular formula is C18H28N4O10. The molecule has 0 saturated carbocycles. The van der Waals surface area contributed by atoms with Gasteiger partial charge in [-0.25, -0.2) is 0 Å². The number of nitrogens with two attached hydrogens (primary N) is 1. The summed E-state index contributed by atoms with van der Waals surface area (Å²) >= 11 is 0. The third-order valence-electron chi connectivity index (χ3n) is 4.25. The molecule has 8 N–H and O–H groups in total. The molecule has 0 fully saturated rings. The van der Waals surface area contributed by atoms with Crippen molar-refractivity contribution in [2.24, 2.45) is 11.7 Å². The van der Waals surface area contributed by atoms with Gasteiger partial charge in [-0.2, -0.15) is 0 Å². The summed E-state index contributed by atoms with van der Waals surface area (Å²) in [6, 6.07) is -4.19. The van der Waals surface area contributed by atoms with Crippen LogP contribution in [0.1, 0.15) is 39.0 Å². The van der Waals surface area contributed by atoms with Crippen LogP contribution in [0.4, 0.5) is 0 Å². The monoisotopic (exact) mass is 460 g/mol. The quantitative estimate of drug-likeness (QED) is 0.114. The highest BCUT2D eigenvalue weighted by Crippen LogP contribution is 2.07. The Kier molecular flexibility index (Phi) is 12.9. The first-order valence-corrected chi connectivity index (χ1v) is 9.58. The lowest BCUT2D eigenvalue weighted by Crippen LogP contribution is -2.56. The molecule has 0 aliphatic carbocycles. The lowest BCUT2D eigenvalue weighted by molar-refractivity contribution is -0.139. The fourth-order valence-corrected chi connectivity index (χ4v) is 2.59. The molecule has 4 amide bonds. The predicted molar refractivity (Wildman–Crippen MR) is 106 cm³/mol. The molecule has 0 aliphatic heterocycles. The van der Waals surface area contributed by atoms with E-state index in [4.69, 9.17) is 21.1 Å². The van der Waals surface area contributed by atoms with Crippen LogP contribution in [0.5, 0.6) is 0 Å². The molecule has 4 atom stereocenters. The third kappa shape index (κ3) is 11.6. The Hall–Kier alpha value is -3.55. The number of aldehydes is 1. The van der Waals surface area contributed by atoms with Crippen LogP contribution >= 0.6 is 0 Å². The van der Waals surface area contributed by atoms with Crippen molar-refractivity contribution < 1.29 is 48.9 Å². The van der Waals surface area contributed by atoms with Gasteiger partial charge < -0.3 is 41.8 Å². The molecule has 0 aliphatic rings. The van der Waals surface area contributed by atoms with Gasteiger partial charge in [0.2, 0.25) is 23.6 Å². The molecule has 14 heteroatoms. The maximum absolute atomic E-state index is 12.6. The summed E-state index contributed by atoms with van der Waals surface area (Å²) in [5.41, 5.74) is 5.15.